The van der Waals surface area contributed by atoms with Gasteiger partial charge in [0.15, 0.2) is 0 Å². The Hall–Kier alpha value is -2.35. The van der Waals surface area contributed by atoms with Gasteiger partial charge < -0.3 is 25.7 Å². The number of carbonyl (C=O) groups excluding carboxylic acids is 1. The van der Waals surface area contributed by atoms with Gasteiger partial charge in [-0.05, 0) is 12.1 Å². The standard InChI is InChI=1S/C8H12N2O2.C2H2O4/c9-8(11)3-4-10-6-7-2-1-5-12-7;3-1(4)2(5)6/h1-2,5,10H,3-4,6H2,(H2,9,11);(H,3,4)(H,5,6). The maximum Gasteiger partial charge on any atom is 0.414 e. The first kappa shape index (κ1) is 15.6. The van der Waals surface area contributed by atoms with Crippen LogP contribution in [0.25, 0.3) is 0 Å². The molecule has 0 atom stereocenters. The summed E-state index contributed by atoms with van der Waals surface area (Å²) in [6.07, 6.45) is 1.98. The van der Waals surface area contributed by atoms with Gasteiger partial charge in [-0.3, -0.25) is 4.79 Å². The summed E-state index contributed by atoms with van der Waals surface area (Å²) in [6, 6.07) is 3.70. The van der Waals surface area contributed by atoms with Crippen LogP contribution in [0.3, 0.4) is 0 Å². The van der Waals surface area contributed by atoms with Crippen molar-refractivity contribution in [3.8, 4) is 0 Å². The molecule has 5 N–H and O–H groups in total. The normalized spacial score (nSPS) is 9.11. The van der Waals surface area contributed by atoms with Gasteiger partial charge in [-0.1, -0.05) is 0 Å². The molecular weight excluding hydrogens is 244 g/mol. The number of carboxylic acid groups (broad SMARTS) is 2. The van der Waals surface area contributed by atoms with Gasteiger partial charge in [0.05, 0.1) is 12.8 Å². The van der Waals surface area contributed by atoms with Gasteiger partial charge in [-0.2, -0.15) is 0 Å². The average molecular weight is 258 g/mol. The molecule has 0 aliphatic carbocycles. The molecule has 0 aromatic carbocycles. The van der Waals surface area contributed by atoms with E-state index in [1.54, 1.807) is 6.26 Å². The number of nitrogens with one attached hydrogen (secondary N) is 1. The Morgan fingerprint density at radius 2 is 1.89 bits per heavy atom. The Bertz CT molecular complexity index is 375. The van der Waals surface area contributed by atoms with Crippen LogP contribution in [0, 0.1) is 0 Å². The van der Waals surface area contributed by atoms with Gasteiger partial charge >= 0.3 is 11.9 Å². The molecule has 100 valence electrons. The predicted octanol–water partition coefficient (Wildman–Crippen LogP) is -0.600. The van der Waals surface area contributed by atoms with Gasteiger partial charge in [0.1, 0.15) is 5.76 Å². The Kier molecular flexibility index (Phi) is 7.62. The molecule has 0 spiro atoms. The minimum Gasteiger partial charge on any atom is -0.473 e. The highest BCUT2D eigenvalue weighted by Crippen LogP contribution is 1.97. The van der Waals surface area contributed by atoms with Crippen LogP contribution in [-0.2, 0) is 20.9 Å². The quantitative estimate of drug-likeness (QED) is 0.408. The summed E-state index contributed by atoms with van der Waals surface area (Å²) in [5.74, 6) is -3.08. The van der Waals surface area contributed by atoms with E-state index in [0.717, 1.165) is 5.76 Å². The van der Waals surface area contributed by atoms with E-state index in [2.05, 4.69) is 5.32 Å². The van der Waals surface area contributed by atoms with Gasteiger partial charge in [0.25, 0.3) is 0 Å². The number of carbonyl (C=O) groups is 3. The molecular formula is C10H14N2O6. The van der Waals surface area contributed by atoms with Crippen molar-refractivity contribution in [3.63, 3.8) is 0 Å². The third-order valence-electron chi connectivity index (χ3n) is 1.61. The molecule has 0 aliphatic heterocycles. The molecule has 1 aromatic rings. The molecule has 0 bridgehead atoms. The summed E-state index contributed by atoms with van der Waals surface area (Å²) in [6.45, 7) is 1.23. The van der Waals surface area contributed by atoms with Crippen molar-refractivity contribution < 1.29 is 29.0 Å². The molecule has 18 heavy (non-hydrogen) atoms. The number of hydrogen-bond donors (Lipinski definition) is 4. The molecule has 1 aromatic heterocycles. The van der Waals surface area contributed by atoms with Crippen LogP contribution in [0.1, 0.15) is 12.2 Å². The molecule has 0 radical (unpaired) electrons. The monoisotopic (exact) mass is 258 g/mol. The number of carboxylic acids is 2. The zero-order chi connectivity index (χ0) is 14.0. The van der Waals surface area contributed by atoms with Crippen LogP contribution in [0.5, 0.6) is 0 Å². The summed E-state index contributed by atoms with van der Waals surface area (Å²) >= 11 is 0. The lowest BCUT2D eigenvalue weighted by atomic mass is 10.4. The Morgan fingerprint density at radius 1 is 1.28 bits per heavy atom. The van der Waals surface area contributed by atoms with Crippen LogP contribution >= 0.6 is 0 Å². The molecule has 1 amide bonds. The van der Waals surface area contributed by atoms with E-state index in [4.69, 9.17) is 30.0 Å². The second kappa shape index (κ2) is 8.76. The van der Waals surface area contributed by atoms with Crippen molar-refractivity contribution in [2.24, 2.45) is 5.73 Å². The number of nitrogens with two attached hydrogens (primary N) is 1. The fraction of sp³-hybridized carbons (Fsp3) is 0.300. The fourth-order valence-corrected chi connectivity index (χ4v) is 0.836. The zero-order valence-electron chi connectivity index (χ0n) is 9.46. The van der Waals surface area contributed by atoms with Crippen LogP contribution in [-0.4, -0.2) is 34.6 Å². The summed E-state index contributed by atoms with van der Waals surface area (Å²) < 4.78 is 5.06. The van der Waals surface area contributed by atoms with Crippen molar-refractivity contribution in [2.45, 2.75) is 13.0 Å². The van der Waals surface area contributed by atoms with Crippen LogP contribution in [0.4, 0.5) is 0 Å². The molecule has 0 unspecified atom stereocenters. The highest BCUT2D eigenvalue weighted by Gasteiger charge is 2.04. The van der Waals surface area contributed by atoms with E-state index in [9.17, 15) is 4.79 Å². The molecule has 1 heterocycles. The zero-order valence-corrected chi connectivity index (χ0v) is 9.46. The smallest absolute Gasteiger partial charge is 0.414 e. The third kappa shape index (κ3) is 8.92. The van der Waals surface area contributed by atoms with Crippen LogP contribution < -0.4 is 11.1 Å². The first-order chi connectivity index (χ1) is 8.43. The highest BCUT2D eigenvalue weighted by molar-refractivity contribution is 6.27. The van der Waals surface area contributed by atoms with Crippen molar-refractivity contribution in [1.29, 1.82) is 0 Å². The Balaban J connectivity index is 0.000000411. The lowest BCUT2D eigenvalue weighted by molar-refractivity contribution is -0.159. The fourth-order valence-electron chi connectivity index (χ4n) is 0.836. The largest absolute Gasteiger partial charge is 0.473 e. The summed E-state index contributed by atoms with van der Waals surface area (Å²) in [7, 11) is 0. The summed E-state index contributed by atoms with van der Waals surface area (Å²) in [5.41, 5.74) is 4.95. The molecule has 8 heteroatoms. The van der Waals surface area contributed by atoms with E-state index in [-0.39, 0.29) is 5.91 Å². The average Bonchev–Trinajstić information content (AvgIpc) is 2.77. The van der Waals surface area contributed by atoms with Crippen molar-refractivity contribution >= 4 is 17.8 Å². The van der Waals surface area contributed by atoms with Gasteiger partial charge in [-0.25, -0.2) is 9.59 Å². The molecule has 0 saturated carbocycles. The number of furan rings is 1. The van der Waals surface area contributed by atoms with E-state index < -0.39 is 11.9 Å². The van der Waals surface area contributed by atoms with Gasteiger partial charge in [-0.15, -0.1) is 0 Å². The number of primary amides is 1. The van der Waals surface area contributed by atoms with Gasteiger partial charge in [0.2, 0.25) is 5.91 Å². The highest BCUT2D eigenvalue weighted by atomic mass is 16.4. The number of amides is 1. The van der Waals surface area contributed by atoms with Crippen LogP contribution in [0.2, 0.25) is 0 Å². The first-order valence-corrected chi connectivity index (χ1v) is 4.91. The van der Waals surface area contributed by atoms with Crippen molar-refractivity contribution in [3.05, 3.63) is 24.2 Å². The molecule has 1 rings (SSSR count). The van der Waals surface area contributed by atoms with E-state index in [1.165, 1.54) is 0 Å². The minimum atomic E-state index is -1.82. The second-order valence-corrected chi connectivity index (χ2v) is 3.08. The maximum absolute atomic E-state index is 10.3. The van der Waals surface area contributed by atoms with Crippen molar-refractivity contribution in [2.75, 3.05) is 6.54 Å². The van der Waals surface area contributed by atoms with Crippen molar-refractivity contribution in [1.82, 2.24) is 5.32 Å². The Morgan fingerprint density at radius 3 is 2.28 bits per heavy atom. The maximum atomic E-state index is 10.3. The van der Waals surface area contributed by atoms with E-state index in [0.29, 0.717) is 19.5 Å². The first-order valence-electron chi connectivity index (χ1n) is 4.91. The second-order valence-electron chi connectivity index (χ2n) is 3.08. The minimum absolute atomic E-state index is 0.290. The summed E-state index contributed by atoms with van der Waals surface area (Å²) in [4.78, 5) is 28.5. The summed E-state index contributed by atoms with van der Waals surface area (Å²) in [5, 5.41) is 17.8. The SMILES string of the molecule is NC(=O)CCNCc1ccco1.O=C(O)C(=O)O. The number of hydrogen-bond acceptors (Lipinski definition) is 5. The predicted molar refractivity (Wildman–Crippen MR) is 59.5 cm³/mol. The topological polar surface area (TPSA) is 143 Å². The number of rotatable bonds is 5. The van der Waals surface area contributed by atoms with E-state index >= 15 is 0 Å². The molecule has 0 aliphatic rings. The molecule has 8 nitrogen and oxygen atoms in total. The third-order valence-corrected chi connectivity index (χ3v) is 1.61. The van der Waals surface area contributed by atoms with Gasteiger partial charge in [0, 0.05) is 13.0 Å². The lowest BCUT2D eigenvalue weighted by Crippen LogP contribution is -2.21. The lowest BCUT2D eigenvalue weighted by Gasteiger charge is -1.98. The van der Waals surface area contributed by atoms with Crippen LogP contribution in [0.15, 0.2) is 22.8 Å². The van der Waals surface area contributed by atoms with E-state index in [1.807, 2.05) is 12.1 Å². The number of aliphatic carboxylic acids is 2. The molecule has 0 fully saturated rings. The molecule has 0 saturated heterocycles. The Labute approximate surface area is 102 Å².